The first-order chi connectivity index (χ1) is 11.8. The van der Waals surface area contributed by atoms with Crippen molar-refractivity contribution in [2.45, 2.75) is 13.0 Å². The van der Waals surface area contributed by atoms with Crippen LogP contribution in [-0.4, -0.2) is 62.4 Å². The van der Waals surface area contributed by atoms with E-state index in [1.165, 1.54) is 5.56 Å². The third-order valence-corrected chi connectivity index (χ3v) is 5.07. The normalized spacial score (nSPS) is 27.0. The molecule has 1 N–H and O–H groups in total. The SMILES string of the molecule is COCCNC(=O)C[C@H]1COC[C@H]2CN(Cc3ccncc3)C[C@@H]12. The molecule has 24 heavy (non-hydrogen) atoms. The average molecular weight is 333 g/mol. The summed E-state index contributed by atoms with van der Waals surface area (Å²) in [6, 6.07) is 4.14. The third kappa shape index (κ3) is 4.53. The van der Waals surface area contributed by atoms with Gasteiger partial charge >= 0.3 is 0 Å². The summed E-state index contributed by atoms with van der Waals surface area (Å²) in [6.07, 6.45) is 4.23. The summed E-state index contributed by atoms with van der Waals surface area (Å²) in [4.78, 5) is 18.7. The van der Waals surface area contributed by atoms with Crippen molar-refractivity contribution in [3.8, 4) is 0 Å². The van der Waals surface area contributed by atoms with Crippen LogP contribution in [0.4, 0.5) is 0 Å². The van der Waals surface area contributed by atoms with Crippen molar-refractivity contribution in [1.29, 1.82) is 0 Å². The fraction of sp³-hybridized carbons (Fsp3) is 0.667. The number of pyridine rings is 1. The van der Waals surface area contributed by atoms with Crippen molar-refractivity contribution < 1.29 is 14.3 Å². The van der Waals surface area contributed by atoms with Gasteiger partial charge in [-0.05, 0) is 35.4 Å². The lowest BCUT2D eigenvalue weighted by Gasteiger charge is -2.32. The van der Waals surface area contributed by atoms with E-state index in [9.17, 15) is 4.79 Å². The van der Waals surface area contributed by atoms with E-state index in [1.54, 1.807) is 7.11 Å². The van der Waals surface area contributed by atoms with Crippen LogP contribution in [0.15, 0.2) is 24.5 Å². The molecular formula is C18H27N3O3. The summed E-state index contributed by atoms with van der Waals surface area (Å²) in [5.74, 6) is 1.51. The average Bonchev–Trinajstić information content (AvgIpc) is 2.99. The molecule has 0 aromatic carbocycles. The number of nitrogens with zero attached hydrogens (tertiary/aromatic N) is 2. The van der Waals surface area contributed by atoms with Crippen LogP contribution >= 0.6 is 0 Å². The van der Waals surface area contributed by atoms with Crippen molar-refractivity contribution in [3.05, 3.63) is 30.1 Å². The zero-order valence-corrected chi connectivity index (χ0v) is 14.3. The van der Waals surface area contributed by atoms with Gasteiger partial charge < -0.3 is 14.8 Å². The van der Waals surface area contributed by atoms with Gasteiger partial charge in [-0.15, -0.1) is 0 Å². The Morgan fingerprint density at radius 3 is 3.00 bits per heavy atom. The molecule has 3 rings (SSSR count). The molecule has 3 heterocycles. The molecule has 1 aromatic heterocycles. The summed E-state index contributed by atoms with van der Waals surface area (Å²) in [5.41, 5.74) is 1.29. The molecule has 2 aliphatic heterocycles. The van der Waals surface area contributed by atoms with Crippen molar-refractivity contribution in [1.82, 2.24) is 15.2 Å². The molecule has 2 aliphatic rings. The number of hydrogen-bond donors (Lipinski definition) is 1. The molecule has 2 saturated heterocycles. The second-order valence-electron chi connectivity index (χ2n) is 6.82. The van der Waals surface area contributed by atoms with Crippen molar-refractivity contribution in [2.75, 3.05) is 46.6 Å². The number of amides is 1. The van der Waals surface area contributed by atoms with Crippen LogP contribution in [0.1, 0.15) is 12.0 Å². The first-order valence-electron chi connectivity index (χ1n) is 8.71. The first-order valence-corrected chi connectivity index (χ1v) is 8.71. The van der Waals surface area contributed by atoms with Gasteiger partial charge in [-0.3, -0.25) is 14.7 Å². The third-order valence-electron chi connectivity index (χ3n) is 5.07. The van der Waals surface area contributed by atoms with Crippen LogP contribution < -0.4 is 5.32 Å². The number of carbonyl (C=O) groups is 1. The van der Waals surface area contributed by atoms with Crippen molar-refractivity contribution in [2.24, 2.45) is 17.8 Å². The van der Waals surface area contributed by atoms with Crippen LogP contribution in [0.25, 0.3) is 0 Å². The Morgan fingerprint density at radius 2 is 2.21 bits per heavy atom. The number of nitrogens with one attached hydrogen (secondary N) is 1. The van der Waals surface area contributed by atoms with E-state index >= 15 is 0 Å². The predicted molar refractivity (Wildman–Crippen MR) is 90.3 cm³/mol. The highest BCUT2D eigenvalue weighted by Crippen LogP contribution is 2.36. The number of likely N-dealkylation sites (tertiary alicyclic amines) is 1. The topological polar surface area (TPSA) is 63.7 Å². The highest BCUT2D eigenvalue weighted by atomic mass is 16.5. The maximum atomic E-state index is 12.1. The van der Waals surface area contributed by atoms with Gasteiger partial charge in [0.2, 0.25) is 5.91 Å². The molecule has 1 amide bonds. The van der Waals surface area contributed by atoms with Crippen molar-refractivity contribution in [3.63, 3.8) is 0 Å². The van der Waals surface area contributed by atoms with E-state index in [2.05, 4.69) is 27.3 Å². The monoisotopic (exact) mass is 333 g/mol. The maximum Gasteiger partial charge on any atom is 0.220 e. The summed E-state index contributed by atoms with van der Waals surface area (Å²) in [5, 5.41) is 2.92. The van der Waals surface area contributed by atoms with E-state index in [4.69, 9.17) is 9.47 Å². The highest BCUT2D eigenvalue weighted by molar-refractivity contribution is 5.76. The second-order valence-corrected chi connectivity index (χ2v) is 6.82. The maximum absolute atomic E-state index is 12.1. The van der Waals surface area contributed by atoms with Gasteiger partial charge in [-0.2, -0.15) is 0 Å². The van der Waals surface area contributed by atoms with E-state index in [1.807, 2.05) is 12.4 Å². The Bertz CT molecular complexity index is 526. The summed E-state index contributed by atoms with van der Waals surface area (Å²) >= 11 is 0. The number of methoxy groups -OCH3 is 1. The fourth-order valence-corrected chi connectivity index (χ4v) is 3.88. The lowest BCUT2D eigenvalue weighted by Crippen LogP contribution is -2.38. The van der Waals surface area contributed by atoms with Crippen LogP contribution in [0, 0.1) is 17.8 Å². The van der Waals surface area contributed by atoms with Gasteiger partial charge in [0.15, 0.2) is 0 Å². The van der Waals surface area contributed by atoms with Gasteiger partial charge in [-0.25, -0.2) is 0 Å². The standard InChI is InChI=1S/C18H27N3O3/c1-23-7-6-20-18(22)8-15-12-24-13-16-10-21(11-17(15)16)9-14-2-4-19-5-3-14/h2-5,15-17H,6-13H2,1H3,(H,20,22)/t15-,16+,17-/m0/s1. The molecule has 0 unspecified atom stereocenters. The number of ether oxygens (including phenoxy) is 2. The lowest BCUT2D eigenvalue weighted by atomic mass is 9.81. The molecule has 0 bridgehead atoms. The Balaban J connectivity index is 1.52. The zero-order valence-electron chi connectivity index (χ0n) is 14.3. The van der Waals surface area contributed by atoms with Gasteiger partial charge in [0.25, 0.3) is 0 Å². The van der Waals surface area contributed by atoms with Gasteiger partial charge in [0.05, 0.1) is 19.8 Å². The molecular weight excluding hydrogens is 306 g/mol. The molecule has 0 radical (unpaired) electrons. The Labute approximate surface area is 143 Å². The lowest BCUT2D eigenvalue weighted by molar-refractivity contribution is -0.124. The Kier molecular flexibility index (Phi) is 6.18. The zero-order chi connectivity index (χ0) is 16.8. The fourth-order valence-electron chi connectivity index (χ4n) is 3.88. The molecule has 0 aliphatic carbocycles. The van der Waals surface area contributed by atoms with Gasteiger partial charge in [0.1, 0.15) is 0 Å². The quantitative estimate of drug-likeness (QED) is 0.752. The number of fused-ring (bicyclic) bond motifs is 1. The molecule has 132 valence electrons. The minimum absolute atomic E-state index is 0.105. The van der Waals surface area contributed by atoms with E-state index in [0.717, 1.165) is 26.2 Å². The molecule has 2 fully saturated rings. The summed E-state index contributed by atoms with van der Waals surface area (Å²) in [7, 11) is 1.64. The number of carbonyl (C=O) groups excluding carboxylic acids is 1. The number of rotatable bonds is 7. The molecule has 3 atom stereocenters. The number of aromatic nitrogens is 1. The predicted octanol–water partition coefficient (Wildman–Crippen LogP) is 0.929. The largest absolute Gasteiger partial charge is 0.383 e. The van der Waals surface area contributed by atoms with Crippen LogP contribution in [-0.2, 0) is 20.8 Å². The Morgan fingerprint density at radius 1 is 1.38 bits per heavy atom. The molecule has 1 aromatic rings. The minimum Gasteiger partial charge on any atom is -0.383 e. The first kappa shape index (κ1) is 17.3. The second kappa shape index (κ2) is 8.55. The minimum atomic E-state index is 0.105. The van der Waals surface area contributed by atoms with Crippen LogP contribution in [0.2, 0.25) is 0 Å². The summed E-state index contributed by atoms with van der Waals surface area (Å²) in [6.45, 7) is 5.69. The van der Waals surface area contributed by atoms with Crippen molar-refractivity contribution >= 4 is 5.91 Å². The molecule has 6 nitrogen and oxygen atoms in total. The summed E-state index contributed by atoms with van der Waals surface area (Å²) < 4.78 is 10.8. The highest BCUT2D eigenvalue weighted by Gasteiger charge is 2.41. The van der Waals surface area contributed by atoms with E-state index < -0.39 is 0 Å². The molecule has 6 heteroatoms. The van der Waals surface area contributed by atoms with E-state index in [-0.39, 0.29) is 5.91 Å². The van der Waals surface area contributed by atoms with Gasteiger partial charge in [0, 0.05) is 52.1 Å². The van der Waals surface area contributed by atoms with E-state index in [0.29, 0.717) is 43.9 Å². The Hall–Kier alpha value is -1.50. The smallest absolute Gasteiger partial charge is 0.220 e. The molecule has 0 spiro atoms. The van der Waals surface area contributed by atoms with Gasteiger partial charge in [-0.1, -0.05) is 0 Å². The molecule has 0 saturated carbocycles. The number of hydrogen-bond acceptors (Lipinski definition) is 5. The van der Waals surface area contributed by atoms with Crippen LogP contribution in [0.3, 0.4) is 0 Å². The van der Waals surface area contributed by atoms with Crippen LogP contribution in [0.5, 0.6) is 0 Å².